The van der Waals surface area contributed by atoms with E-state index in [0.717, 1.165) is 18.4 Å². The number of halogens is 1. The lowest BCUT2D eigenvalue weighted by Crippen LogP contribution is -2.10. The molecule has 1 atom stereocenters. The van der Waals surface area contributed by atoms with Crippen LogP contribution in [-0.4, -0.2) is 4.69 Å². The zero-order valence-electron chi connectivity index (χ0n) is 10.2. The fraction of sp³-hybridized carbons (Fsp3) is 0.500. The first kappa shape index (κ1) is 13.4. The van der Waals surface area contributed by atoms with Crippen molar-refractivity contribution in [3.8, 4) is 0 Å². The molecule has 0 aliphatic carbocycles. The second kappa shape index (κ2) is 6.19. The molecular weight excluding hydrogens is 264 g/mol. The molecule has 0 spiro atoms. The SMILES string of the molecule is CCCC(c1ccccc1C(=O)Br)C(C)C. The van der Waals surface area contributed by atoms with Crippen LogP contribution in [0.2, 0.25) is 0 Å². The molecule has 1 nitrogen and oxygen atoms in total. The molecule has 0 aliphatic rings. The molecule has 16 heavy (non-hydrogen) atoms. The smallest absolute Gasteiger partial charge is 0.228 e. The van der Waals surface area contributed by atoms with Crippen LogP contribution in [-0.2, 0) is 0 Å². The Morgan fingerprint density at radius 2 is 1.94 bits per heavy atom. The first-order valence-corrected chi connectivity index (χ1v) is 6.66. The van der Waals surface area contributed by atoms with Crippen molar-refractivity contribution in [2.45, 2.75) is 39.5 Å². The summed E-state index contributed by atoms with van der Waals surface area (Å²) in [7, 11) is 0. The highest BCUT2D eigenvalue weighted by Crippen LogP contribution is 2.32. The van der Waals surface area contributed by atoms with Gasteiger partial charge in [0.15, 0.2) is 0 Å². The number of rotatable bonds is 5. The molecule has 1 aromatic carbocycles. The van der Waals surface area contributed by atoms with E-state index in [-0.39, 0.29) is 4.69 Å². The standard InChI is InChI=1S/C14H19BrO/c1-4-7-11(10(2)3)12-8-5-6-9-13(12)14(15)16/h5-6,8-11H,4,7H2,1-3H3. The fourth-order valence-corrected chi connectivity index (χ4v) is 2.52. The maximum Gasteiger partial charge on any atom is 0.228 e. The van der Waals surface area contributed by atoms with Crippen molar-refractivity contribution >= 4 is 20.6 Å². The van der Waals surface area contributed by atoms with Gasteiger partial charge in [0.25, 0.3) is 0 Å². The molecule has 0 saturated heterocycles. The van der Waals surface area contributed by atoms with Gasteiger partial charge in [-0.25, -0.2) is 0 Å². The van der Waals surface area contributed by atoms with Crippen LogP contribution in [0, 0.1) is 5.92 Å². The highest BCUT2D eigenvalue weighted by atomic mass is 79.9. The maximum absolute atomic E-state index is 11.5. The van der Waals surface area contributed by atoms with E-state index in [9.17, 15) is 4.79 Å². The molecule has 1 unspecified atom stereocenters. The Morgan fingerprint density at radius 1 is 1.31 bits per heavy atom. The Kier molecular flexibility index (Phi) is 5.20. The van der Waals surface area contributed by atoms with Gasteiger partial charge in [0.2, 0.25) is 4.69 Å². The Bertz CT molecular complexity index is 358. The second-order valence-corrected chi connectivity index (χ2v) is 5.22. The van der Waals surface area contributed by atoms with Crippen molar-refractivity contribution in [2.75, 3.05) is 0 Å². The van der Waals surface area contributed by atoms with Crippen molar-refractivity contribution in [1.29, 1.82) is 0 Å². The van der Waals surface area contributed by atoms with E-state index in [1.165, 1.54) is 5.56 Å². The summed E-state index contributed by atoms with van der Waals surface area (Å²) in [6.07, 6.45) is 2.28. The van der Waals surface area contributed by atoms with Gasteiger partial charge in [-0.15, -0.1) is 0 Å². The Hall–Kier alpha value is -0.630. The van der Waals surface area contributed by atoms with E-state index in [1.807, 2.05) is 18.2 Å². The first-order chi connectivity index (χ1) is 7.57. The Morgan fingerprint density at radius 3 is 2.44 bits per heavy atom. The number of carbonyl (C=O) groups is 1. The summed E-state index contributed by atoms with van der Waals surface area (Å²) < 4.78 is -0.00940. The summed E-state index contributed by atoms with van der Waals surface area (Å²) in [4.78, 5) is 11.5. The van der Waals surface area contributed by atoms with E-state index < -0.39 is 0 Å². The van der Waals surface area contributed by atoms with Gasteiger partial charge in [-0.2, -0.15) is 0 Å². The lowest BCUT2D eigenvalue weighted by atomic mass is 9.83. The topological polar surface area (TPSA) is 17.1 Å². The number of hydrogen-bond donors (Lipinski definition) is 0. The monoisotopic (exact) mass is 282 g/mol. The van der Waals surface area contributed by atoms with Gasteiger partial charge in [-0.05, 0) is 39.8 Å². The lowest BCUT2D eigenvalue weighted by Gasteiger charge is -2.22. The van der Waals surface area contributed by atoms with Crippen LogP contribution in [0.25, 0.3) is 0 Å². The predicted octanol–water partition coefficient (Wildman–Crippen LogP) is 4.76. The summed E-state index contributed by atoms with van der Waals surface area (Å²) in [5.41, 5.74) is 2.00. The molecule has 1 aromatic rings. The normalized spacial score (nSPS) is 12.8. The summed E-state index contributed by atoms with van der Waals surface area (Å²) in [5, 5.41) is 0. The Labute approximate surface area is 106 Å². The van der Waals surface area contributed by atoms with Crippen molar-refractivity contribution in [3.05, 3.63) is 35.4 Å². The molecule has 0 fully saturated rings. The van der Waals surface area contributed by atoms with Gasteiger partial charge < -0.3 is 0 Å². The minimum absolute atomic E-state index is 0.00940. The highest BCUT2D eigenvalue weighted by molar-refractivity contribution is 9.18. The molecule has 0 amide bonds. The van der Waals surface area contributed by atoms with E-state index in [1.54, 1.807) is 0 Å². The van der Waals surface area contributed by atoms with Crippen molar-refractivity contribution < 1.29 is 4.79 Å². The summed E-state index contributed by atoms with van der Waals surface area (Å²) >= 11 is 3.06. The van der Waals surface area contributed by atoms with Gasteiger partial charge in [-0.3, -0.25) is 4.79 Å². The lowest BCUT2D eigenvalue weighted by molar-refractivity contribution is 0.109. The molecule has 0 bridgehead atoms. The van der Waals surface area contributed by atoms with Gasteiger partial charge in [0.1, 0.15) is 0 Å². The van der Waals surface area contributed by atoms with Gasteiger partial charge >= 0.3 is 0 Å². The van der Waals surface area contributed by atoms with Crippen LogP contribution in [0.5, 0.6) is 0 Å². The molecule has 1 rings (SSSR count). The minimum atomic E-state index is -0.00940. The molecule has 0 heterocycles. The molecule has 0 N–H and O–H groups in total. The van der Waals surface area contributed by atoms with Gasteiger partial charge in [-0.1, -0.05) is 51.5 Å². The average Bonchev–Trinajstić information content (AvgIpc) is 2.25. The van der Waals surface area contributed by atoms with Crippen LogP contribution in [0.15, 0.2) is 24.3 Å². The predicted molar refractivity (Wildman–Crippen MR) is 72.2 cm³/mol. The number of hydrogen-bond acceptors (Lipinski definition) is 1. The van der Waals surface area contributed by atoms with E-state index in [0.29, 0.717) is 11.8 Å². The van der Waals surface area contributed by atoms with Gasteiger partial charge in [0.05, 0.1) is 0 Å². The van der Waals surface area contributed by atoms with E-state index in [2.05, 4.69) is 42.8 Å². The molecule has 0 radical (unpaired) electrons. The van der Waals surface area contributed by atoms with Crippen LogP contribution in [0.3, 0.4) is 0 Å². The van der Waals surface area contributed by atoms with Crippen LogP contribution >= 0.6 is 15.9 Å². The number of benzene rings is 1. The number of carbonyl (C=O) groups excluding carboxylic acids is 1. The molecule has 0 saturated carbocycles. The summed E-state index contributed by atoms with van der Waals surface area (Å²) in [5.74, 6) is 1.04. The van der Waals surface area contributed by atoms with Crippen molar-refractivity contribution in [1.82, 2.24) is 0 Å². The molecule has 0 aromatic heterocycles. The molecule has 88 valence electrons. The van der Waals surface area contributed by atoms with Crippen molar-refractivity contribution in [3.63, 3.8) is 0 Å². The highest BCUT2D eigenvalue weighted by Gasteiger charge is 2.19. The quantitative estimate of drug-likeness (QED) is 0.712. The average molecular weight is 283 g/mol. The first-order valence-electron chi connectivity index (χ1n) is 5.86. The third kappa shape index (κ3) is 3.18. The van der Waals surface area contributed by atoms with E-state index in [4.69, 9.17) is 0 Å². The van der Waals surface area contributed by atoms with E-state index >= 15 is 0 Å². The zero-order valence-corrected chi connectivity index (χ0v) is 11.8. The molecule has 2 heteroatoms. The van der Waals surface area contributed by atoms with Gasteiger partial charge in [0, 0.05) is 5.56 Å². The van der Waals surface area contributed by atoms with Crippen LogP contribution in [0.1, 0.15) is 55.5 Å². The van der Waals surface area contributed by atoms with Crippen molar-refractivity contribution in [2.24, 2.45) is 5.92 Å². The largest absolute Gasteiger partial charge is 0.281 e. The zero-order chi connectivity index (χ0) is 12.1. The third-order valence-electron chi connectivity index (χ3n) is 2.98. The summed E-state index contributed by atoms with van der Waals surface area (Å²) in [6, 6.07) is 7.91. The minimum Gasteiger partial charge on any atom is -0.281 e. The van der Waals surface area contributed by atoms with Crippen LogP contribution < -0.4 is 0 Å². The Balaban J connectivity index is 3.12. The third-order valence-corrected chi connectivity index (χ3v) is 3.40. The summed E-state index contributed by atoms with van der Waals surface area (Å²) in [6.45, 7) is 6.62. The molecule has 0 aliphatic heterocycles. The second-order valence-electron chi connectivity index (χ2n) is 4.50. The maximum atomic E-state index is 11.5. The molecular formula is C14H19BrO. The van der Waals surface area contributed by atoms with Crippen LogP contribution in [0.4, 0.5) is 0 Å². The fourth-order valence-electron chi connectivity index (χ4n) is 2.16.